The van der Waals surface area contributed by atoms with Gasteiger partial charge in [0.05, 0.1) is 6.04 Å². The second-order valence-corrected chi connectivity index (χ2v) is 7.16. The molecule has 0 spiro atoms. The molecule has 5 heteroatoms. The zero-order valence-corrected chi connectivity index (χ0v) is 16.3. The Balaban J connectivity index is 1.88. The fourth-order valence-electron chi connectivity index (χ4n) is 3.55. The number of morpholine rings is 1. The van der Waals surface area contributed by atoms with Crippen LogP contribution in [-0.2, 0) is 20.9 Å². The summed E-state index contributed by atoms with van der Waals surface area (Å²) in [5, 5.41) is 0. The van der Waals surface area contributed by atoms with Gasteiger partial charge in [0.1, 0.15) is 6.61 Å². The summed E-state index contributed by atoms with van der Waals surface area (Å²) in [5.41, 5.74) is 4.22. The fraction of sp³-hybridized carbons (Fsp3) is 0.364. The van der Waals surface area contributed by atoms with Crippen LogP contribution in [0.4, 0.5) is 0 Å². The molecule has 1 heterocycles. The molecule has 27 heavy (non-hydrogen) atoms. The average Bonchev–Trinajstić information content (AvgIpc) is 2.66. The summed E-state index contributed by atoms with van der Waals surface area (Å²) in [7, 11) is 3.52. The molecule has 2 aromatic rings. The van der Waals surface area contributed by atoms with Crippen LogP contribution in [-0.4, -0.2) is 48.4 Å². The van der Waals surface area contributed by atoms with Crippen LogP contribution in [0.2, 0.25) is 0 Å². The number of carbonyl (C=O) groups excluding carboxylic acids is 2. The van der Waals surface area contributed by atoms with Crippen LogP contribution in [0.5, 0.6) is 0 Å². The molecule has 0 aliphatic carbocycles. The first kappa shape index (κ1) is 19.1. The van der Waals surface area contributed by atoms with Crippen LogP contribution in [0.3, 0.4) is 0 Å². The van der Waals surface area contributed by atoms with E-state index >= 15 is 0 Å². The maximum absolute atomic E-state index is 13.2. The van der Waals surface area contributed by atoms with Crippen molar-refractivity contribution in [2.45, 2.75) is 32.5 Å². The van der Waals surface area contributed by atoms with E-state index in [1.54, 1.807) is 23.9 Å². The van der Waals surface area contributed by atoms with Gasteiger partial charge < -0.3 is 14.5 Å². The van der Waals surface area contributed by atoms with E-state index < -0.39 is 12.1 Å². The summed E-state index contributed by atoms with van der Waals surface area (Å²) >= 11 is 0. The highest BCUT2D eigenvalue weighted by molar-refractivity contribution is 5.86. The van der Waals surface area contributed by atoms with E-state index in [1.807, 2.05) is 62.4 Å². The summed E-state index contributed by atoms with van der Waals surface area (Å²) in [6.07, 6.45) is -0.720. The number of carbonyl (C=O) groups is 2. The molecular weight excluding hydrogens is 340 g/mol. The summed E-state index contributed by atoms with van der Waals surface area (Å²) in [5.74, 6) is -0.236. The Kier molecular flexibility index (Phi) is 5.61. The summed E-state index contributed by atoms with van der Waals surface area (Å²) in [4.78, 5) is 28.8. The summed E-state index contributed by atoms with van der Waals surface area (Å²) in [6, 6.07) is 15.4. The van der Waals surface area contributed by atoms with Gasteiger partial charge in [-0.25, -0.2) is 0 Å². The van der Waals surface area contributed by atoms with Gasteiger partial charge in [-0.15, -0.1) is 0 Å². The smallest absolute Gasteiger partial charge is 0.254 e. The molecule has 1 fully saturated rings. The molecule has 1 saturated heterocycles. The molecule has 0 N–H and O–H groups in total. The van der Waals surface area contributed by atoms with E-state index in [-0.39, 0.29) is 18.4 Å². The number of benzene rings is 2. The molecule has 5 nitrogen and oxygen atoms in total. The van der Waals surface area contributed by atoms with Gasteiger partial charge in [0, 0.05) is 20.6 Å². The van der Waals surface area contributed by atoms with E-state index in [9.17, 15) is 9.59 Å². The highest BCUT2D eigenvalue weighted by Gasteiger charge is 2.41. The summed E-state index contributed by atoms with van der Waals surface area (Å²) < 4.78 is 5.75. The number of likely N-dealkylation sites (N-methyl/N-ethyl adjacent to an activating group) is 2. The molecule has 0 bridgehead atoms. The maximum atomic E-state index is 13.2. The van der Waals surface area contributed by atoms with Crippen molar-refractivity contribution < 1.29 is 14.3 Å². The molecule has 2 amide bonds. The Bertz CT molecular complexity index is 849. The van der Waals surface area contributed by atoms with E-state index in [2.05, 4.69) is 0 Å². The van der Waals surface area contributed by atoms with Gasteiger partial charge in [0.2, 0.25) is 5.91 Å². The maximum Gasteiger partial charge on any atom is 0.254 e. The Morgan fingerprint density at radius 3 is 2.41 bits per heavy atom. The first-order chi connectivity index (χ1) is 12.9. The predicted octanol–water partition coefficient (Wildman–Crippen LogP) is 2.86. The van der Waals surface area contributed by atoms with Crippen molar-refractivity contribution in [3.63, 3.8) is 0 Å². The van der Waals surface area contributed by atoms with Crippen LogP contribution in [0, 0.1) is 13.8 Å². The zero-order valence-electron chi connectivity index (χ0n) is 16.3. The topological polar surface area (TPSA) is 49.9 Å². The highest BCUT2D eigenvalue weighted by atomic mass is 16.5. The molecule has 0 aromatic heterocycles. The lowest BCUT2D eigenvalue weighted by Gasteiger charge is -2.40. The molecule has 1 aliphatic heterocycles. The van der Waals surface area contributed by atoms with Crippen LogP contribution in [0.25, 0.3) is 0 Å². The van der Waals surface area contributed by atoms with Crippen LogP contribution in [0.15, 0.2) is 48.5 Å². The van der Waals surface area contributed by atoms with Gasteiger partial charge in [-0.05, 0) is 36.1 Å². The number of aryl methyl sites for hydroxylation is 2. The first-order valence-corrected chi connectivity index (χ1v) is 9.12. The number of amides is 2. The van der Waals surface area contributed by atoms with Crippen molar-refractivity contribution in [1.29, 1.82) is 0 Å². The Morgan fingerprint density at radius 2 is 1.74 bits per heavy atom. The standard InChI is InChI=1S/C22H26N2O3/c1-15-9-5-7-11-17(15)13-23(3)22(26)21-20(24(4)19(25)14-27-21)18-12-8-6-10-16(18)2/h5-12,20-21H,13-14H2,1-4H3/t20-,21+/m1/s1. The van der Waals surface area contributed by atoms with Gasteiger partial charge in [-0.3, -0.25) is 9.59 Å². The Labute approximate surface area is 160 Å². The second-order valence-electron chi connectivity index (χ2n) is 7.16. The average molecular weight is 366 g/mol. The fourth-order valence-corrected chi connectivity index (χ4v) is 3.55. The quantitative estimate of drug-likeness (QED) is 0.836. The SMILES string of the molecule is Cc1ccccc1CN(C)C(=O)[C@H]1OCC(=O)N(C)[C@@H]1c1ccccc1C. The van der Waals surface area contributed by atoms with Crippen molar-refractivity contribution in [3.05, 3.63) is 70.8 Å². The van der Waals surface area contributed by atoms with Gasteiger partial charge in [0.25, 0.3) is 5.91 Å². The van der Waals surface area contributed by atoms with Crippen molar-refractivity contribution >= 4 is 11.8 Å². The van der Waals surface area contributed by atoms with Crippen molar-refractivity contribution in [2.75, 3.05) is 20.7 Å². The largest absolute Gasteiger partial charge is 0.356 e. The molecule has 2 atom stereocenters. The lowest BCUT2D eigenvalue weighted by molar-refractivity contribution is -0.167. The lowest BCUT2D eigenvalue weighted by atomic mass is 9.93. The second kappa shape index (κ2) is 7.92. The van der Waals surface area contributed by atoms with E-state index in [0.717, 1.165) is 22.3 Å². The van der Waals surface area contributed by atoms with E-state index in [4.69, 9.17) is 4.74 Å². The molecule has 0 unspecified atom stereocenters. The highest BCUT2D eigenvalue weighted by Crippen LogP contribution is 2.32. The number of hydrogen-bond donors (Lipinski definition) is 0. The molecule has 142 valence electrons. The van der Waals surface area contributed by atoms with E-state index in [0.29, 0.717) is 6.54 Å². The minimum absolute atomic E-state index is 0.0759. The summed E-state index contributed by atoms with van der Waals surface area (Å²) in [6.45, 7) is 4.45. The van der Waals surface area contributed by atoms with Crippen molar-refractivity contribution in [3.8, 4) is 0 Å². The Hall–Kier alpha value is -2.66. The monoisotopic (exact) mass is 366 g/mol. The van der Waals surface area contributed by atoms with Crippen LogP contribution in [0.1, 0.15) is 28.3 Å². The molecule has 3 rings (SSSR count). The predicted molar refractivity (Wildman–Crippen MR) is 104 cm³/mol. The molecule has 0 radical (unpaired) electrons. The number of rotatable bonds is 4. The van der Waals surface area contributed by atoms with E-state index in [1.165, 1.54) is 0 Å². The van der Waals surface area contributed by atoms with Crippen molar-refractivity contribution in [1.82, 2.24) is 9.80 Å². The van der Waals surface area contributed by atoms with Gasteiger partial charge in [-0.2, -0.15) is 0 Å². The molecular formula is C22H26N2O3. The van der Waals surface area contributed by atoms with Crippen LogP contribution >= 0.6 is 0 Å². The third kappa shape index (κ3) is 3.88. The number of hydrogen-bond acceptors (Lipinski definition) is 3. The molecule has 2 aromatic carbocycles. The van der Waals surface area contributed by atoms with Gasteiger partial charge >= 0.3 is 0 Å². The third-order valence-corrected chi connectivity index (χ3v) is 5.28. The van der Waals surface area contributed by atoms with Gasteiger partial charge in [-0.1, -0.05) is 48.5 Å². The normalized spacial score (nSPS) is 19.9. The molecule has 0 saturated carbocycles. The minimum atomic E-state index is -0.720. The lowest BCUT2D eigenvalue weighted by Crippen LogP contribution is -2.53. The van der Waals surface area contributed by atoms with Crippen molar-refractivity contribution in [2.24, 2.45) is 0 Å². The zero-order chi connectivity index (χ0) is 19.6. The third-order valence-electron chi connectivity index (χ3n) is 5.28. The van der Waals surface area contributed by atoms with Gasteiger partial charge in [0.15, 0.2) is 6.10 Å². The first-order valence-electron chi connectivity index (χ1n) is 9.12. The minimum Gasteiger partial charge on any atom is -0.356 e. The van der Waals surface area contributed by atoms with Crippen LogP contribution < -0.4 is 0 Å². The molecule has 1 aliphatic rings. The number of ether oxygens (including phenoxy) is 1. The Morgan fingerprint density at radius 1 is 1.11 bits per heavy atom. The number of nitrogens with zero attached hydrogens (tertiary/aromatic N) is 2.